The number of ketones is 1. The quantitative estimate of drug-likeness (QED) is 0.858. The minimum atomic E-state index is -4.43. The van der Waals surface area contributed by atoms with Crippen LogP contribution in [0.15, 0.2) is 17.1 Å². The highest BCUT2D eigenvalue weighted by Crippen LogP contribution is 2.39. The van der Waals surface area contributed by atoms with Crippen molar-refractivity contribution in [3.63, 3.8) is 0 Å². The lowest BCUT2D eigenvalue weighted by Gasteiger charge is -2.14. The lowest BCUT2D eigenvalue weighted by molar-refractivity contribution is -0.137. The zero-order valence-electron chi connectivity index (χ0n) is 13.5. The Hall–Kier alpha value is -2.44. The fraction of sp³-hybridized carbons (Fsp3) is 0.353. The SMILES string of the molecule is CC(=O)Cn1nc(C)c(-c2cc(C(F)(F)F)cc3c2C=NC3)c1C. The van der Waals surface area contributed by atoms with E-state index < -0.39 is 11.7 Å². The van der Waals surface area contributed by atoms with E-state index in [1.165, 1.54) is 11.6 Å². The summed E-state index contributed by atoms with van der Waals surface area (Å²) in [7, 11) is 0. The summed E-state index contributed by atoms with van der Waals surface area (Å²) in [5.74, 6) is -0.0667. The molecule has 2 aromatic rings. The maximum atomic E-state index is 13.2. The predicted molar refractivity (Wildman–Crippen MR) is 84.1 cm³/mol. The monoisotopic (exact) mass is 335 g/mol. The van der Waals surface area contributed by atoms with Crippen molar-refractivity contribution in [2.45, 2.75) is 40.0 Å². The molecule has 0 saturated heterocycles. The van der Waals surface area contributed by atoms with Crippen LogP contribution in [0.3, 0.4) is 0 Å². The van der Waals surface area contributed by atoms with Crippen molar-refractivity contribution in [3.05, 3.63) is 40.2 Å². The molecule has 0 saturated carbocycles. The van der Waals surface area contributed by atoms with Crippen LogP contribution in [-0.4, -0.2) is 21.8 Å². The summed E-state index contributed by atoms with van der Waals surface area (Å²) >= 11 is 0. The number of halogens is 3. The zero-order valence-corrected chi connectivity index (χ0v) is 13.5. The topological polar surface area (TPSA) is 47.2 Å². The molecule has 2 heterocycles. The van der Waals surface area contributed by atoms with Crippen molar-refractivity contribution in [1.82, 2.24) is 9.78 Å². The van der Waals surface area contributed by atoms with Gasteiger partial charge in [0.2, 0.25) is 0 Å². The number of aromatic nitrogens is 2. The fourth-order valence-corrected chi connectivity index (χ4v) is 3.05. The van der Waals surface area contributed by atoms with Crippen LogP contribution in [0, 0.1) is 13.8 Å². The molecule has 7 heteroatoms. The van der Waals surface area contributed by atoms with Gasteiger partial charge in [0.15, 0.2) is 5.78 Å². The van der Waals surface area contributed by atoms with Crippen molar-refractivity contribution in [3.8, 4) is 11.1 Å². The van der Waals surface area contributed by atoms with Gasteiger partial charge >= 0.3 is 6.18 Å². The molecule has 0 radical (unpaired) electrons. The van der Waals surface area contributed by atoms with Crippen LogP contribution in [0.1, 0.15) is 35.0 Å². The molecule has 0 fully saturated rings. The van der Waals surface area contributed by atoms with Crippen LogP contribution < -0.4 is 0 Å². The summed E-state index contributed by atoms with van der Waals surface area (Å²) in [4.78, 5) is 15.5. The Morgan fingerprint density at radius 2 is 2.00 bits per heavy atom. The normalized spacial score (nSPS) is 13.4. The summed E-state index contributed by atoms with van der Waals surface area (Å²) in [6.45, 7) is 5.29. The Labute approximate surface area is 137 Å². The Kier molecular flexibility index (Phi) is 3.81. The highest BCUT2D eigenvalue weighted by Gasteiger charge is 2.33. The second-order valence-electron chi connectivity index (χ2n) is 5.97. The smallest absolute Gasteiger partial charge is 0.298 e. The summed E-state index contributed by atoms with van der Waals surface area (Å²) in [5.41, 5.74) is 2.91. The molecule has 1 aromatic heterocycles. The molecule has 0 unspecified atom stereocenters. The highest BCUT2D eigenvalue weighted by atomic mass is 19.4. The summed E-state index contributed by atoms with van der Waals surface area (Å²) in [5, 5.41) is 4.31. The molecule has 0 amide bonds. The van der Waals surface area contributed by atoms with Gasteiger partial charge in [0.05, 0.1) is 24.3 Å². The maximum Gasteiger partial charge on any atom is 0.416 e. The molecule has 0 spiro atoms. The van der Waals surface area contributed by atoms with Crippen molar-refractivity contribution in [2.24, 2.45) is 4.99 Å². The number of Topliss-reactive ketones (excluding diaryl/α,β-unsaturated/α-hetero) is 1. The number of benzene rings is 1. The Morgan fingerprint density at radius 1 is 1.29 bits per heavy atom. The van der Waals surface area contributed by atoms with Gasteiger partial charge in [-0.1, -0.05) is 0 Å². The molecular weight excluding hydrogens is 319 g/mol. The van der Waals surface area contributed by atoms with E-state index in [1.54, 1.807) is 20.1 Å². The molecule has 1 aromatic carbocycles. The Morgan fingerprint density at radius 3 is 2.62 bits per heavy atom. The number of fused-ring (bicyclic) bond motifs is 1. The third kappa shape index (κ3) is 2.74. The molecule has 1 aliphatic rings. The number of aliphatic imine (C=N–C) groups is 1. The first-order valence-corrected chi connectivity index (χ1v) is 7.46. The van der Waals surface area contributed by atoms with Gasteiger partial charge in [0.25, 0.3) is 0 Å². The van der Waals surface area contributed by atoms with E-state index in [9.17, 15) is 18.0 Å². The molecule has 24 heavy (non-hydrogen) atoms. The molecule has 0 N–H and O–H groups in total. The van der Waals surface area contributed by atoms with Gasteiger partial charge in [-0.3, -0.25) is 14.5 Å². The standard InChI is InChI=1S/C17H16F3N3O/c1-9(24)8-23-11(3)16(10(2)22-23)14-5-13(17(18,19)20)4-12-6-21-7-15(12)14/h4-5,7H,6,8H2,1-3H3. The van der Waals surface area contributed by atoms with E-state index in [-0.39, 0.29) is 18.9 Å². The van der Waals surface area contributed by atoms with Crippen LogP contribution >= 0.6 is 0 Å². The minimum Gasteiger partial charge on any atom is -0.298 e. The number of hydrogen-bond donors (Lipinski definition) is 0. The lowest BCUT2D eigenvalue weighted by atomic mass is 9.93. The van der Waals surface area contributed by atoms with Gasteiger partial charge in [-0.2, -0.15) is 18.3 Å². The first-order chi connectivity index (χ1) is 11.2. The second kappa shape index (κ2) is 5.58. The summed E-state index contributed by atoms with van der Waals surface area (Å²) in [6.07, 6.45) is -2.82. The number of nitrogens with zero attached hydrogens (tertiary/aromatic N) is 3. The molecule has 1 aliphatic heterocycles. The molecule has 0 aliphatic carbocycles. The van der Waals surface area contributed by atoms with Crippen molar-refractivity contribution >= 4 is 12.0 Å². The van der Waals surface area contributed by atoms with Crippen molar-refractivity contribution in [1.29, 1.82) is 0 Å². The molecule has 3 rings (SSSR count). The fourth-order valence-electron chi connectivity index (χ4n) is 3.05. The van der Waals surface area contributed by atoms with Gasteiger partial charge in [0, 0.05) is 23.0 Å². The molecule has 0 bridgehead atoms. The number of carbonyl (C=O) groups excluding carboxylic acids is 1. The van der Waals surface area contributed by atoms with Crippen LogP contribution in [0.2, 0.25) is 0 Å². The Bertz CT molecular complexity index is 863. The van der Waals surface area contributed by atoms with Crippen molar-refractivity contribution < 1.29 is 18.0 Å². The van der Waals surface area contributed by atoms with Gasteiger partial charge in [0.1, 0.15) is 0 Å². The van der Waals surface area contributed by atoms with Gasteiger partial charge in [-0.25, -0.2) is 0 Å². The largest absolute Gasteiger partial charge is 0.416 e. The molecular formula is C17H16F3N3O. The van der Waals surface area contributed by atoms with E-state index in [0.717, 1.165) is 12.1 Å². The molecule has 4 nitrogen and oxygen atoms in total. The van der Waals surface area contributed by atoms with Crippen LogP contribution in [0.5, 0.6) is 0 Å². The number of alkyl halides is 3. The third-order valence-corrected chi connectivity index (χ3v) is 4.10. The third-order valence-electron chi connectivity index (χ3n) is 4.10. The van der Waals surface area contributed by atoms with Crippen LogP contribution in [0.4, 0.5) is 13.2 Å². The number of rotatable bonds is 3. The number of hydrogen-bond acceptors (Lipinski definition) is 3. The van der Waals surface area contributed by atoms with E-state index in [1.807, 2.05) is 0 Å². The van der Waals surface area contributed by atoms with Gasteiger partial charge in [-0.15, -0.1) is 0 Å². The molecule has 126 valence electrons. The van der Waals surface area contributed by atoms with Crippen molar-refractivity contribution in [2.75, 3.05) is 0 Å². The number of carbonyl (C=O) groups is 1. The van der Waals surface area contributed by atoms with E-state index in [4.69, 9.17) is 0 Å². The molecule has 0 atom stereocenters. The summed E-state index contributed by atoms with van der Waals surface area (Å²) < 4.78 is 41.2. The van der Waals surface area contributed by atoms with Crippen LogP contribution in [-0.2, 0) is 24.1 Å². The first-order valence-electron chi connectivity index (χ1n) is 7.46. The average molecular weight is 335 g/mol. The van der Waals surface area contributed by atoms with Crippen LogP contribution in [0.25, 0.3) is 11.1 Å². The second-order valence-corrected chi connectivity index (χ2v) is 5.97. The Balaban J connectivity index is 2.23. The van der Waals surface area contributed by atoms with Gasteiger partial charge < -0.3 is 0 Å². The average Bonchev–Trinajstić information content (AvgIpc) is 3.02. The number of aryl methyl sites for hydroxylation is 1. The van der Waals surface area contributed by atoms with E-state index in [2.05, 4.69) is 10.1 Å². The lowest BCUT2D eigenvalue weighted by Crippen LogP contribution is -2.09. The maximum absolute atomic E-state index is 13.2. The first kappa shape index (κ1) is 16.4. The predicted octanol–water partition coefficient (Wildman–Crippen LogP) is 3.71. The van der Waals surface area contributed by atoms with Gasteiger partial charge in [-0.05, 0) is 44.0 Å². The zero-order chi connectivity index (χ0) is 17.6. The highest BCUT2D eigenvalue weighted by molar-refractivity contribution is 5.95. The summed E-state index contributed by atoms with van der Waals surface area (Å²) in [6, 6.07) is 2.29. The minimum absolute atomic E-state index is 0.0667. The van der Waals surface area contributed by atoms with E-state index >= 15 is 0 Å². The van der Waals surface area contributed by atoms with E-state index in [0.29, 0.717) is 33.6 Å².